The number of nitrogens with zero attached hydrogens (tertiary/aromatic N) is 1. The molecule has 3 rings (SSSR count). The summed E-state index contributed by atoms with van der Waals surface area (Å²) in [6, 6.07) is 21.8. The first kappa shape index (κ1) is 24.3. The first-order valence-electron chi connectivity index (χ1n) is 10.1. The van der Waals surface area contributed by atoms with E-state index in [0.717, 1.165) is 15.6 Å². The van der Waals surface area contributed by atoms with Gasteiger partial charge in [-0.1, -0.05) is 87.7 Å². The predicted octanol–water partition coefficient (Wildman–Crippen LogP) is 5.68. The second-order valence-electron chi connectivity index (χ2n) is 7.34. The molecule has 0 bridgehead atoms. The average molecular weight is 534 g/mol. The molecule has 3 aromatic carbocycles. The Kier molecular flexibility index (Phi) is 8.74. The van der Waals surface area contributed by atoms with Gasteiger partial charge in [-0.15, -0.1) is 0 Å². The predicted molar refractivity (Wildman–Crippen MR) is 133 cm³/mol. The number of hydrogen-bond acceptors (Lipinski definition) is 2. The number of amides is 2. The van der Waals surface area contributed by atoms with Crippen molar-refractivity contribution in [2.75, 3.05) is 7.05 Å². The average Bonchev–Trinajstić information content (AvgIpc) is 2.80. The summed E-state index contributed by atoms with van der Waals surface area (Å²) in [6.45, 7) is 0.277. The van der Waals surface area contributed by atoms with Crippen molar-refractivity contribution in [2.45, 2.75) is 25.4 Å². The molecule has 32 heavy (non-hydrogen) atoms. The van der Waals surface area contributed by atoms with Gasteiger partial charge in [-0.25, -0.2) is 0 Å². The minimum absolute atomic E-state index is 0.00266. The Labute approximate surface area is 206 Å². The Morgan fingerprint density at radius 3 is 2.12 bits per heavy atom. The van der Waals surface area contributed by atoms with Crippen molar-refractivity contribution in [1.82, 2.24) is 10.2 Å². The molecule has 0 aromatic heterocycles. The Bertz CT molecular complexity index is 1050. The Morgan fingerprint density at radius 1 is 0.906 bits per heavy atom. The van der Waals surface area contributed by atoms with Gasteiger partial charge in [0.15, 0.2) is 0 Å². The van der Waals surface area contributed by atoms with Crippen LogP contribution in [0.5, 0.6) is 0 Å². The van der Waals surface area contributed by atoms with E-state index in [0.29, 0.717) is 22.0 Å². The molecule has 0 spiro atoms. The van der Waals surface area contributed by atoms with Crippen molar-refractivity contribution in [1.29, 1.82) is 0 Å². The van der Waals surface area contributed by atoms with Crippen molar-refractivity contribution in [3.05, 3.63) is 104 Å². The maximum absolute atomic E-state index is 13.6. The molecule has 0 aliphatic carbocycles. The van der Waals surface area contributed by atoms with Crippen molar-refractivity contribution >= 4 is 50.9 Å². The standard InChI is InChI=1S/C25H23BrCl2N2O2/c1-29-25(32)23(14-17-6-3-2-4-7-17)30(16-18-10-12-19(26)13-11-18)24(31)15-20-21(27)8-5-9-22(20)28/h2-13,23H,14-16H2,1H3,(H,29,32)/t23-/m0/s1. The SMILES string of the molecule is CNC(=O)[C@H](Cc1ccccc1)N(Cc1ccc(Br)cc1)C(=O)Cc1c(Cl)cccc1Cl. The number of rotatable bonds is 8. The molecule has 2 amide bonds. The normalized spacial score (nSPS) is 11.6. The number of carbonyl (C=O) groups excluding carboxylic acids is 2. The van der Waals surface area contributed by atoms with Crippen LogP contribution in [0, 0.1) is 0 Å². The fourth-order valence-corrected chi connectivity index (χ4v) is 4.26. The van der Waals surface area contributed by atoms with Crippen LogP contribution in [0.1, 0.15) is 16.7 Å². The topological polar surface area (TPSA) is 49.4 Å². The van der Waals surface area contributed by atoms with Crippen LogP contribution in [0.15, 0.2) is 77.3 Å². The van der Waals surface area contributed by atoms with E-state index < -0.39 is 6.04 Å². The molecule has 4 nitrogen and oxygen atoms in total. The van der Waals surface area contributed by atoms with Crippen molar-refractivity contribution in [3.8, 4) is 0 Å². The van der Waals surface area contributed by atoms with Crippen LogP contribution >= 0.6 is 39.1 Å². The third kappa shape index (κ3) is 6.35. The highest BCUT2D eigenvalue weighted by Crippen LogP contribution is 2.26. The minimum atomic E-state index is -0.695. The molecular formula is C25H23BrCl2N2O2. The zero-order valence-corrected chi connectivity index (χ0v) is 20.6. The van der Waals surface area contributed by atoms with E-state index in [-0.39, 0.29) is 24.8 Å². The van der Waals surface area contributed by atoms with Gasteiger partial charge in [0, 0.05) is 34.5 Å². The van der Waals surface area contributed by atoms with Crippen molar-refractivity contribution in [3.63, 3.8) is 0 Å². The Balaban J connectivity index is 1.97. The molecule has 0 saturated heterocycles. The van der Waals surface area contributed by atoms with Crippen LogP contribution in [-0.2, 0) is 29.0 Å². The molecule has 0 heterocycles. The monoisotopic (exact) mass is 532 g/mol. The summed E-state index contributed by atoms with van der Waals surface area (Å²) in [5, 5.41) is 3.56. The number of nitrogens with one attached hydrogen (secondary N) is 1. The minimum Gasteiger partial charge on any atom is -0.357 e. The van der Waals surface area contributed by atoms with Gasteiger partial charge in [-0.05, 0) is 41.0 Å². The van der Waals surface area contributed by atoms with E-state index in [1.54, 1.807) is 30.1 Å². The highest BCUT2D eigenvalue weighted by atomic mass is 79.9. The van der Waals surface area contributed by atoms with Crippen LogP contribution in [0.4, 0.5) is 0 Å². The first-order chi connectivity index (χ1) is 15.4. The lowest BCUT2D eigenvalue weighted by molar-refractivity contribution is -0.140. The van der Waals surface area contributed by atoms with Crippen LogP contribution < -0.4 is 5.32 Å². The summed E-state index contributed by atoms with van der Waals surface area (Å²) in [7, 11) is 1.58. The second kappa shape index (κ2) is 11.5. The fraction of sp³-hybridized carbons (Fsp3) is 0.200. The van der Waals surface area contributed by atoms with E-state index in [2.05, 4.69) is 21.2 Å². The maximum Gasteiger partial charge on any atom is 0.242 e. The summed E-state index contributed by atoms with van der Waals surface area (Å²) in [6.07, 6.45) is 0.385. The van der Waals surface area contributed by atoms with Crippen LogP contribution in [0.2, 0.25) is 10.0 Å². The highest BCUT2D eigenvalue weighted by molar-refractivity contribution is 9.10. The van der Waals surface area contributed by atoms with Gasteiger partial charge >= 0.3 is 0 Å². The number of hydrogen-bond donors (Lipinski definition) is 1. The molecule has 0 unspecified atom stereocenters. The lowest BCUT2D eigenvalue weighted by Crippen LogP contribution is -2.50. The summed E-state index contributed by atoms with van der Waals surface area (Å²) < 4.78 is 0.939. The summed E-state index contributed by atoms with van der Waals surface area (Å²) >= 11 is 16.1. The van der Waals surface area contributed by atoms with E-state index in [9.17, 15) is 9.59 Å². The van der Waals surface area contributed by atoms with Crippen LogP contribution in [0.3, 0.4) is 0 Å². The number of halogens is 3. The molecule has 1 N–H and O–H groups in total. The van der Waals surface area contributed by atoms with Gasteiger partial charge in [-0.2, -0.15) is 0 Å². The Morgan fingerprint density at radius 2 is 1.53 bits per heavy atom. The molecule has 7 heteroatoms. The third-order valence-electron chi connectivity index (χ3n) is 5.17. The molecule has 0 aliphatic heterocycles. The van der Waals surface area contributed by atoms with E-state index in [1.807, 2.05) is 54.6 Å². The van der Waals surface area contributed by atoms with Crippen molar-refractivity contribution < 1.29 is 9.59 Å². The van der Waals surface area contributed by atoms with Gasteiger partial charge < -0.3 is 10.2 Å². The van der Waals surface area contributed by atoms with Gasteiger partial charge in [-0.3, -0.25) is 9.59 Å². The van der Waals surface area contributed by atoms with E-state index in [1.165, 1.54) is 0 Å². The smallest absolute Gasteiger partial charge is 0.242 e. The lowest BCUT2D eigenvalue weighted by Gasteiger charge is -2.31. The molecule has 0 saturated carbocycles. The zero-order valence-electron chi connectivity index (χ0n) is 17.5. The van der Waals surface area contributed by atoms with Crippen LogP contribution in [0.25, 0.3) is 0 Å². The summed E-state index contributed by atoms with van der Waals surface area (Å²) in [5.74, 6) is -0.461. The third-order valence-corrected chi connectivity index (χ3v) is 6.41. The summed E-state index contributed by atoms with van der Waals surface area (Å²) in [5.41, 5.74) is 2.43. The number of likely N-dealkylation sites (N-methyl/N-ethyl adjacent to an activating group) is 1. The molecule has 166 valence electrons. The highest BCUT2D eigenvalue weighted by Gasteiger charge is 2.30. The lowest BCUT2D eigenvalue weighted by atomic mass is 10.0. The molecule has 0 aliphatic rings. The van der Waals surface area contributed by atoms with Crippen molar-refractivity contribution in [2.24, 2.45) is 0 Å². The molecule has 0 fully saturated rings. The maximum atomic E-state index is 13.6. The largest absolute Gasteiger partial charge is 0.357 e. The van der Waals surface area contributed by atoms with Gasteiger partial charge in [0.1, 0.15) is 6.04 Å². The van der Waals surface area contributed by atoms with Gasteiger partial charge in [0.25, 0.3) is 0 Å². The van der Waals surface area contributed by atoms with Gasteiger partial charge in [0.2, 0.25) is 11.8 Å². The number of benzene rings is 3. The molecule has 0 radical (unpaired) electrons. The van der Waals surface area contributed by atoms with E-state index in [4.69, 9.17) is 23.2 Å². The quantitative estimate of drug-likeness (QED) is 0.404. The molecular weight excluding hydrogens is 511 g/mol. The van der Waals surface area contributed by atoms with E-state index >= 15 is 0 Å². The first-order valence-corrected chi connectivity index (χ1v) is 11.7. The van der Waals surface area contributed by atoms with Gasteiger partial charge in [0.05, 0.1) is 6.42 Å². The second-order valence-corrected chi connectivity index (χ2v) is 9.07. The fourth-order valence-electron chi connectivity index (χ4n) is 3.46. The van der Waals surface area contributed by atoms with Crippen LogP contribution in [-0.4, -0.2) is 29.8 Å². The molecule has 1 atom stereocenters. The Hall–Kier alpha value is -2.34. The molecule has 3 aromatic rings. The summed E-state index contributed by atoms with van der Waals surface area (Å²) in [4.78, 5) is 28.1. The zero-order chi connectivity index (χ0) is 23.1. The number of carbonyl (C=O) groups is 2.